The maximum atomic E-state index is 11.8. The lowest BCUT2D eigenvalue weighted by atomic mass is 10.2. The van der Waals surface area contributed by atoms with Crippen LogP contribution in [0.3, 0.4) is 0 Å². The van der Waals surface area contributed by atoms with E-state index in [1.54, 1.807) is 24.3 Å². The van der Waals surface area contributed by atoms with Crippen LogP contribution >= 0.6 is 23.2 Å². The zero-order chi connectivity index (χ0) is 18.5. The van der Waals surface area contributed by atoms with Crippen molar-refractivity contribution in [3.8, 4) is 11.5 Å². The molecule has 0 radical (unpaired) electrons. The summed E-state index contributed by atoms with van der Waals surface area (Å²) in [5.41, 5.74) is 0.729. The van der Waals surface area contributed by atoms with Gasteiger partial charge in [0.05, 0.1) is 10.0 Å². The van der Waals surface area contributed by atoms with Crippen LogP contribution in [0, 0.1) is 0 Å². The summed E-state index contributed by atoms with van der Waals surface area (Å²) in [5, 5.41) is 2.94. The Balaban J connectivity index is 1.49. The Kier molecular flexibility index (Phi) is 5.60. The molecule has 9 heteroatoms. The first kappa shape index (κ1) is 18.0. The Hall–Kier alpha value is -2.77. The number of benzene rings is 1. The Morgan fingerprint density at radius 3 is 2.85 bits per heavy atom. The lowest BCUT2D eigenvalue weighted by molar-refractivity contribution is -0.142. The third-order valence-corrected chi connectivity index (χ3v) is 3.71. The molecule has 0 saturated carbocycles. The zero-order valence-electron chi connectivity index (χ0n) is 13.2. The van der Waals surface area contributed by atoms with Gasteiger partial charge in [-0.25, -0.2) is 9.78 Å². The number of nitrogens with one attached hydrogen (secondary N) is 1. The van der Waals surface area contributed by atoms with Gasteiger partial charge in [-0.2, -0.15) is 0 Å². The SMILES string of the molecule is O=C(COC(=O)C=Cc1ccc2c(c1)OCO2)Nc1ncc(Cl)cc1Cl. The molecule has 1 amide bonds. The topological polar surface area (TPSA) is 86.8 Å². The molecule has 0 saturated heterocycles. The van der Waals surface area contributed by atoms with Gasteiger partial charge in [0, 0.05) is 12.3 Å². The minimum atomic E-state index is -0.673. The normalized spacial score (nSPS) is 12.2. The molecule has 0 spiro atoms. The first-order valence-electron chi connectivity index (χ1n) is 7.36. The summed E-state index contributed by atoms with van der Waals surface area (Å²) in [4.78, 5) is 27.4. The molecule has 3 rings (SSSR count). The van der Waals surface area contributed by atoms with E-state index in [0.717, 1.165) is 5.56 Å². The molecule has 0 fully saturated rings. The quantitative estimate of drug-likeness (QED) is 0.618. The number of nitrogens with zero attached hydrogens (tertiary/aromatic N) is 1. The van der Waals surface area contributed by atoms with E-state index in [-0.39, 0.29) is 17.6 Å². The monoisotopic (exact) mass is 394 g/mol. The fraction of sp³-hybridized carbons (Fsp3) is 0.118. The lowest BCUT2D eigenvalue weighted by Crippen LogP contribution is -2.20. The van der Waals surface area contributed by atoms with Crippen molar-refractivity contribution in [1.29, 1.82) is 0 Å². The molecular formula is C17H12Cl2N2O5. The van der Waals surface area contributed by atoms with E-state index in [1.165, 1.54) is 18.3 Å². The van der Waals surface area contributed by atoms with Crippen LogP contribution in [0.15, 0.2) is 36.5 Å². The highest BCUT2D eigenvalue weighted by Gasteiger charge is 2.13. The number of hydrogen-bond acceptors (Lipinski definition) is 6. The summed E-state index contributed by atoms with van der Waals surface area (Å²) in [6.07, 6.45) is 4.08. The Morgan fingerprint density at radius 1 is 1.23 bits per heavy atom. The summed E-state index contributed by atoms with van der Waals surface area (Å²) in [6.45, 7) is -0.308. The molecule has 1 aliphatic rings. The largest absolute Gasteiger partial charge is 0.454 e. The highest BCUT2D eigenvalue weighted by Crippen LogP contribution is 2.32. The van der Waals surface area contributed by atoms with Crippen molar-refractivity contribution >= 4 is 47.0 Å². The van der Waals surface area contributed by atoms with Crippen LogP contribution in [0.1, 0.15) is 5.56 Å². The van der Waals surface area contributed by atoms with Gasteiger partial charge < -0.3 is 19.5 Å². The van der Waals surface area contributed by atoms with Gasteiger partial charge >= 0.3 is 5.97 Å². The van der Waals surface area contributed by atoms with Gasteiger partial charge in [0.1, 0.15) is 0 Å². The van der Waals surface area contributed by atoms with Gasteiger partial charge in [-0.15, -0.1) is 0 Å². The third-order valence-electron chi connectivity index (χ3n) is 3.22. The van der Waals surface area contributed by atoms with Gasteiger partial charge in [-0.1, -0.05) is 29.3 Å². The Bertz CT molecular complexity index is 885. The molecule has 2 heterocycles. The molecular weight excluding hydrogens is 383 g/mol. The highest BCUT2D eigenvalue weighted by atomic mass is 35.5. The summed E-state index contributed by atoms with van der Waals surface area (Å²) in [7, 11) is 0. The van der Waals surface area contributed by atoms with Crippen LogP contribution in [0.4, 0.5) is 5.82 Å². The van der Waals surface area contributed by atoms with E-state index in [4.69, 9.17) is 37.4 Å². The molecule has 26 heavy (non-hydrogen) atoms. The van der Waals surface area contributed by atoms with E-state index in [9.17, 15) is 9.59 Å². The predicted molar refractivity (Wildman–Crippen MR) is 95.4 cm³/mol. The third kappa shape index (κ3) is 4.65. The first-order chi connectivity index (χ1) is 12.5. The molecule has 7 nitrogen and oxygen atoms in total. The minimum Gasteiger partial charge on any atom is -0.454 e. The number of fused-ring (bicyclic) bond motifs is 1. The standard InChI is InChI=1S/C17H12Cl2N2O5/c18-11-6-12(19)17(20-7-11)21-15(22)8-24-16(23)4-2-10-1-3-13-14(5-10)26-9-25-13/h1-7H,8-9H2,(H,20,21,22). The molecule has 1 N–H and O–H groups in total. The van der Waals surface area contributed by atoms with Gasteiger partial charge in [0.25, 0.3) is 5.91 Å². The van der Waals surface area contributed by atoms with Crippen molar-refractivity contribution in [3.05, 3.63) is 52.1 Å². The summed E-state index contributed by atoms with van der Waals surface area (Å²) in [6, 6.07) is 6.67. The maximum absolute atomic E-state index is 11.8. The minimum absolute atomic E-state index is 0.132. The van der Waals surface area contributed by atoms with Gasteiger partial charge in [0.2, 0.25) is 6.79 Å². The van der Waals surface area contributed by atoms with Crippen LogP contribution in [0.5, 0.6) is 11.5 Å². The molecule has 134 valence electrons. The average molecular weight is 395 g/mol. The summed E-state index contributed by atoms with van der Waals surface area (Å²) >= 11 is 11.6. The van der Waals surface area contributed by atoms with Crippen molar-refractivity contribution in [2.24, 2.45) is 0 Å². The number of aromatic nitrogens is 1. The predicted octanol–water partition coefficient (Wildman–Crippen LogP) is 3.31. The smallest absolute Gasteiger partial charge is 0.331 e. The number of carbonyl (C=O) groups excluding carboxylic acids is 2. The fourth-order valence-electron chi connectivity index (χ4n) is 2.04. The van der Waals surface area contributed by atoms with Gasteiger partial charge in [-0.05, 0) is 29.8 Å². The average Bonchev–Trinajstić information content (AvgIpc) is 3.08. The number of carbonyl (C=O) groups is 2. The van der Waals surface area contributed by atoms with Crippen molar-refractivity contribution in [3.63, 3.8) is 0 Å². The number of amides is 1. The number of halogens is 2. The molecule has 0 aliphatic carbocycles. The van der Waals surface area contributed by atoms with Crippen LogP contribution < -0.4 is 14.8 Å². The maximum Gasteiger partial charge on any atom is 0.331 e. The van der Waals surface area contributed by atoms with Crippen molar-refractivity contribution in [2.45, 2.75) is 0 Å². The van der Waals surface area contributed by atoms with Crippen LogP contribution in [0.2, 0.25) is 10.0 Å². The molecule has 0 unspecified atom stereocenters. The van der Waals surface area contributed by atoms with Crippen LogP contribution in [-0.2, 0) is 14.3 Å². The molecule has 0 bridgehead atoms. The van der Waals surface area contributed by atoms with E-state index in [2.05, 4.69) is 10.3 Å². The molecule has 0 atom stereocenters. The summed E-state index contributed by atoms with van der Waals surface area (Å²) in [5.74, 6) is 0.135. The van der Waals surface area contributed by atoms with E-state index in [0.29, 0.717) is 16.5 Å². The second-order valence-corrected chi connectivity index (χ2v) is 5.93. The number of ether oxygens (including phenoxy) is 3. The molecule has 1 aromatic carbocycles. The number of rotatable bonds is 5. The highest BCUT2D eigenvalue weighted by molar-refractivity contribution is 6.36. The number of esters is 1. The van der Waals surface area contributed by atoms with Crippen molar-refractivity contribution in [1.82, 2.24) is 4.98 Å². The summed E-state index contributed by atoms with van der Waals surface area (Å²) < 4.78 is 15.3. The van der Waals surface area contributed by atoms with E-state index < -0.39 is 18.5 Å². The Morgan fingerprint density at radius 2 is 2.04 bits per heavy atom. The van der Waals surface area contributed by atoms with Gasteiger partial charge in [0.15, 0.2) is 23.9 Å². The van der Waals surface area contributed by atoms with Gasteiger partial charge in [-0.3, -0.25) is 4.79 Å². The number of anilines is 1. The molecule has 2 aromatic rings. The van der Waals surface area contributed by atoms with E-state index in [1.807, 2.05) is 0 Å². The number of pyridine rings is 1. The fourth-order valence-corrected chi connectivity index (χ4v) is 2.47. The zero-order valence-corrected chi connectivity index (χ0v) is 14.7. The lowest BCUT2D eigenvalue weighted by Gasteiger charge is -2.06. The van der Waals surface area contributed by atoms with E-state index >= 15 is 0 Å². The first-order valence-corrected chi connectivity index (χ1v) is 8.12. The second-order valence-electron chi connectivity index (χ2n) is 5.09. The Labute approximate surface area is 158 Å². The van der Waals surface area contributed by atoms with Crippen molar-refractivity contribution < 1.29 is 23.8 Å². The van der Waals surface area contributed by atoms with Crippen LogP contribution in [0.25, 0.3) is 6.08 Å². The molecule has 1 aliphatic heterocycles. The second kappa shape index (κ2) is 8.07. The van der Waals surface area contributed by atoms with Crippen LogP contribution in [-0.4, -0.2) is 30.3 Å². The van der Waals surface area contributed by atoms with Crippen molar-refractivity contribution in [2.75, 3.05) is 18.7 Å². The molecule has 1 aromatic heterocycles. The number of hydrogen-bond donors (Lipinski definition) is 1.